The molecule has 0 amide bonds. The van der Waals surface area contributed by atoms with Gasteiger partial charge < -0.3 is 19.2 Å². The zero-order chi connectivity index (χ0) is 33.3. The van der Waals surface area contributed by atoms with Crippen LogP contribution in [0.5, 0.6) is 6.01 Å². The number of fused-ring (bicyclic) bond motifs is 3. The fourth-order valence-corrected chi connectivity index (χ4v) is 8.67. The number of aromatic amines is 2. The number of oxazole rings is 1. The quantitative estimate of drug-likeness (QED) is 0.204. The summed E-state index contributed by atoms with van der Waals surface area (Å²) in [4.78, 5) is 31.1. The summed E-state index contributed by atoms with van der Waals surface area (Å²) in [6.45, 7) is 3.16. The van der Waals surface area contributed by atoms with Crippen LogP contribution in [0.2, 0.25) is 5.02 Å². The van der Waals surface area contributed by atoms with Crippen molar-refractivity contribution in [2.75, 3.05) is 32.8 Å². The molecule has 0 aliphatic carbocycles. The maximum atomic E-state index is 16.6. The highest BCUT2D eigenvalue weighted by atomic mass is 35.5. The molecule has 256 valence electrons. The molecule has 1 spiro atoms. The summed E-state index contributed by atoms with van der Waals surface area (Å²) in [5, 5.41) is 11.5. The molecule has 15 heteroatoms. The van der Waals surface area contributed by atoms with E-state index in [1.807, 2.05) is 0 Å². The van der Waals surface area contributed by atoms with Gasteiger partial charge in [0.25, 0.3) is 11.6 Å². The van der Waals surface area contributed by atoms with Gasteiger partial charge in [-0.3, -0.25) is 24.8 Å². The highest BCUT2D eigenvalue weighted by molar-refractivity contribution is 6.33. The van der Waals surface area contributed by atoms with Crippen molar-refractivity contribution >= 4 is 33.4 Å². The number of halogens is 3. The average Bonchev–Trinajstić information content (AvgIpc) is 3.87. The van der Waals surface area contributed by atoms with Crippen LogP contribution < -0.4 is 15.6 Å². The van der Waals surface area contributed by atoms with Crippen LogP contribution in [0.25, 0.3) is 33.1 Å². The number of benzene rings is 1. The second kappa shape index (κ2) is 11.8. The van der Waals surface area contributed by atoms with Crippen molar-refractivity contribution in [3.63, 3.8) is 0 Å². The van der Waals surface area contributed by atoms with Crippen molar-refractivity contribution in [2.45, 2.75) is 74.8 Å². The highest BCUT2D eigenvalue weighted by Crippen LogP contribution is 2.46. The molecule has 4 saturated heterocycles. The third-order valence-electron chi connectivity index (χ3n) is 10.8. The molecule has 4 aliphatic heterocycles. The molecule has 0 bridgehead atoms. The van der Waals surface area contributed by atoms with Crippen molar-refractivity contribution in [3.8, 4) is 17.3 Å². The zero-order valence-electron chi connectivity index (χ0n) is 26.7. The van der Waals surface area contributed by atoms with Crippen LogP contribution in [0.15, 0.2) is 33.9 Å². The first kappa shape index (κ1) is 31.0. The molecule has 0 saturated carbocycles. The van der Waals surface area contributed by atoms with Gasteiger partial charge in [0.2, 0.25) is 5.89 Å². The molecule has 0 unspecified atom stereocenters. The Bertz CT molecular complexity index is 2120. The van der Waals surface area contributed by atoms with Gasteiger partial charge in [-0.05, 0) is 56.8 Å². The van der Waals surface area contributed by atoms with Crippen LogP contribution >= 0.6 is 11.6 Å². The minimum absolute atomic E-state index is 0.0235. The molecule has 8 heterocycles. The first-order chi connectivity index (χ1) is 23.8. The molecule has 4 atom stereocenters. The fourth-order valence-electron chi connectivity index (χ4n) is 8.37. The van der Waals surface area contributed by atoms with E-state index in [0.717, 1.165) is 51.7 Å². The van der Waals surface area contributed by atoms with Crippen molar-refractivity contribution in [1.82, 2.24) is 40.3 Å². The number of hydrogen-bond acceptors (Lipinski definition) is 10. The van der Waals surface area contributed by atoms with Crippen LogP contribution in [-0.4, -0.2) is 85.1 Å². The summed E-state index contributed by atoms with van der Waals surface area (Å²) in [6, 6.07) is 1.62. The Kier molecular flexibility index (Phi) is 7.49. The smallest absolute Gasteiger partial charge is 0.297 e. The van der Waals surface area contributed by atoms with Gasteiger partial charge in [0, 0.05) is 54.5 Å². The Morgan fingerprint density at radius 1 is 1.12 bits per heavy atom. The van der Waals surface area contributed by atoms with Gasteiger partial charge in [-0.1, -0.05) is 11.6 Å². The Balaban J connectivity index is 1.01. The second-order valence-electron chi connectivity index (χ2n) is 13.9. The first-order valence-corrected chi connectivity index (χ1v) is 17.3. The predicted molar refractivity (Wildman–Crippen MR) is 176 cm³/mol. The summed E-state index contributed by atoms with van der Waals surface area (Å²) in [5.41, 5.74) is 0.293. The standard InChI is InChI=1S/C34H35ClF2N8O4/c35-23-9-24-21(14-41-44-24)26(20(23)4-3-19-12-40-31(48-19)25-11-34(49-25)6-1-7-38-16-34)29-27(37)28-22(13-39-29)30(46)43-32(42-28)47-17-33-5-2-8-45(33)15-18(36)10-33/h9,12-14,18,25,38H,1-8,10-11,15-17H2,(H,41,44)(H,42,43,46)/t18-,25-,33+,34+/m1/s1. The van der Waals surface area contributed by atoms with E-state index >= 15 is 4.39 Å². The summed E-state index contributed by atoms with van der Waals surface area (Å²) < 4.78 is 49.2. The van der Waals surface area contributed by atoms with Crippen LogP contribution in [-0.2, 0) is 17.6 Å². The molecule has 9 rings (SSSR count). The molecule has 0 radical (unpaired) electrons. The topological polar surface area (TPSA) is 147 Å². The van der Waals surface area contributed by atoms with Crippen LogP contribution in [0.4, 0.5) is 8.78 Å². The van der Waals surface area contributed by atoms with E-state index in [-0.39, 0.29) is 40.9 Å². The number of aryl methyl sites for hydroxylation is 1. The van der Waals surface area contributed by atoms with Crippen molar-refractivity contribution in [3.05, 3.63) is 63.1 Å². The van der Waals surface area contributed by atoms with E-state index in [9.17, 15) is 9.18 Å². The second-order valence-corrected chi connectivity index (χ2v) is 14.3. The molecule has 5 aromatic rings. The number of pyridine rings is 1. The summed E-state index contributed by atoms with van der Waals surface area (Å²) in [6.07, 6.45) is 9.37. The van der Waals surface area contributed by atoms with Crippen LogP contribution in [0.1, 0.15) is 61.8 Å². The summed E-state index contributed by atoms with van der Waals surface area (Å²) >= 11 is 6.84. The van der Waals surface area contributed by atoms with Gasteiger partial charge in [-0.15, -0.1) is 0 Å². The first-order valence-electron chi connectivity index (χ1n) is 16.9. The summed E-state index contributed by atoms with van der Waals surface area (Å²) in [7, 11) is 0. The molecule has 4 aromatic heterocycles. The maximum absolute atomic E-state index is 16.6. The number of ether oxygens (including phenoxy) is 2. The number of hydrogen-bond donors (Lipinski definition) is 3. The largest absolute Gasteiger partial charge is 0.463 e. The maximum Gasteiger partial charge on any atom is 0.297 e. The molecule has 1 aromatic carbocycles. The number of alkyl halides is 1. The highest BCUT2D eigenvalue weighted by Gasteiger charge is 2.50. The average molecular weight is 693 g/mol. The minimum Gasteiger partial charge on any atom is -0.463 e. The zero-order valence-corrected chi connectivity index (χ0v) is 27.4. The molecule has 49 heavy (non-hydrogen) atoms. The van der Waals surface area contributed by atoms with Crippen molar-refractivity contribution in [2.24, 2.45) is 0 Å². The van der Waals surface area contributed by atoms with Crippen LogP contribution in [0.3, 0.4) is 0 Å². The lowest BCUT2D eigenvalue weighted by atomic mass is 9.82. The summed E-state index contributed by atoms with van der Waals surface area (Å²) in [5.74, 6) is 0.413. The van der Waals surface area contributed by atoms with Crippen LogP contribution in [0, 0.1) is 5.82 Å². The Morgan fingerprint density at radius 3 is 2.88 bits per heavy atom. The van der Waals surface area contributed by atoms with E-state index in [1.165, 1.54) is 6.20 Å². The lowest BCUT2D eigenvalue weighted by Crippen LogP contribution is -2.55. The van der Waals surface area contributed by atoms with E-state index in [4.69, 9.17) is 25.5 Å². The van der Waals surface area contributed by atoms with Gasteiger partial charge in [-0.25, -0.2) is 13.8 Å². The molecule has 12 nitrogen and oxygen atoms in total. The van der Waals surface area contributed by atoms with E-state index in [0.29, 0.717) is 64.5 Å². The van der Waals surface area contributed by atoms with E-state index < -0.39 is 23.1 Å². The molecular weight excluding hydrogens is 658 g/mol. The Labute approximate surface area is 283 Å². The van der Waals surface area contributed by atoms with Gasteiger partial charge in [0.15, 0.2) is 5.82 Å². The number of H-pyrrole nitrogens is 2. The number of rotatable bonds is 8. The van der Waals surface area contributed by atoms with Crippen molar-refractivity contribution in [1.29, 1.82) is 0 Å². The fraction of sp³-hybridized carbons (Fsp3) is 0.500. The number of piperidine rings is 1. The van der Waals surface area contributed by atoms with Gasteiger partial charge in [0.05, 0.1) is 34.4 Å². The number of nitrogens with zero attached hydrogens (tertiary/aromatic N) is 5. The normalized spacial score (nSPS) is 26.9. The Hall–Kier alpha value is -3.98. The van der Waals surface area contributed by atoms with Gasteiger partial charge in [0.1, 0.15) is 35.9 Å². The SMILES string of the molecule is O=c1[nH]c(OC[C@@]23CCCN2C[C@H](F)C3)nc2c(F)c(-c3c(CCc4cnc([C@H]5C[C@]6(CCCNC6)O5)o4)c(Cl)cc4[nH]ncc34)ncc12. The molecule has 3 N–H and O–H groups in total. The Morgan fingerprint density at radius 2 is 2.02 bits per heavy atom. The molecule has 4 fully saturated rings. The predicted octanol–water partition coefficient (Wildman–Crippen LogP) is 4.97. The number of aromatic nitrogens is 6. The lowest BCUT2D eigenvalue weighted by Gasteiger charge is -2.49. The minimum atomic E-state index is -0.931. The molecule has 4 aliphatic rings. The van der Waals surface area contributed by atoms with Gasteiger partial charge in [-0.2, -0.15) is 10.1 Å². The van der Waals surface area contributed by atoms with E-state index in [1.54, 1.807) is 18.5 Å². The molecular formula is C34H35ClF2N8O4. The third kappa shape index (κ3) is 5.31. The third-order valence-corrected chi connectivity index (χ3v) is 11.1. The van der Waals surface area contributed by atoms with Gasteiger partial charge >= 0.3 is 0 Å². The lowest BCUT2D eigenvalue weighted by molar-refractivity contribution is -0.224. The van der Waals surface area contributed by atoms with Crippen molar-refractivity contribution < 1.29 is 22.7 Å². The number of nitrogens with one attached hydrogen (secondary N) is 3. The monoisotopic (exact) mass is 692 g/mol. The van der Waals surface area contributed by atoms with E-state index in [2.05, 4.69) is 40.3 Å².